The number of nitrogens with one attached hydrogen (secondary N) is 1. The van der Waals surface area contributed by atoms with E-state index in [0.29, 0.717) is 5.82 Å². The predicted octanol–water partition coefficient (Wildman–Crippen LogP) is 3.95. The van der Waals surface area contributed by atoms with Crippen LogP contribution < -0.4 is 10.2 Å². The molecule has 0 aliphatic carbocycles. The van der Waals surface area contributed by atoms with Crippen LogP contribution in [0.25, 0.3) is 0 Å². The second-order valence-electron chi connectivity index (χ2n) is 5.63. The van der Waals surface area contributed by atoms with E-state index in [2.05, 4.69) is 15.2 Å². The van der Waals surface area contributed by atoms with Crippen molar-refractivity contribution < 1.29 is 18.0 Å². The van der Waals surface area contributed by atoms with Crippen LogP contribution in [0.3, 0.4) is 0 Å². The molecule has 0 radical (unpaired) electrons. The number of alkyl halides is 3. The standard InChI is InChI=1S/C17H16F3N3O/c18-17(19,20)13-5-3-12(4-6-13)16(24)22-15-8-7-14(11-21-15)23-9-1-2-10-23/h3-8,11H,1-2,9-10H2,(H,21,22,24). The monoisotopic (exact) mass is 335 g/mol. The summed E-state index contributed by atoms with van der Waals surface area (Å²) >= 11 is 0. The third-order valence-corrected chi connectivity index (χ3v) is 3.94. The number of anilines is 2. The van der Waals surface area contributed by atoms with Crippen LogP contribution in [0.5, 0.6) is 0 Å². The Balaban J connectivity index is 1.66. The van der Waals surface area contributed by atoms with E-state index in [1.165, 1.54) is 0 Å². The van der Waals surface area contributed by atoms with Crippen LogP contribution in [0.2, 0.25) is 0 Å². The SMILES string of the molecule is O=C(Nc1ccc(N2CCCC2)cn1)c1ccc(C(F)(F)F)cc1. The van der Waals surface area contributed by atoms with Gasteiger partial charge in [0.15, 0.2) is 0 Å². The molecule has 2 heterocycles. The summed E-state index contributed by atoms with van der Waals surface area (Å²) < 4.78 is 37.6. The van der Waals surface area contributed by atoms with Gasteiger partial charge in [0, 0.05) is 18.7 Å². The zero-order valence-corrected chi connectivity index (χ0v) is 12.8. The molecule has 1 aliphatic heterocycles. The molecule has 7 heteroatoms. The van der Waals surface area contributed by atoms with Crippen LogP contribution in [0, 0.1) is 0 Å². The van der Waals surface area contributed by atoms with Crippen molar-refractivity contribution in [1.29, 1.82) is 0 Å². The second kappa shape index (κ2) is 6.51. The Morgan fingerprint density at radius 2 is 1.71 bits per heavy atom. The van der Waals surface area contributed by atoms with Crippen LogP contribution >= 0.6 is 0 Å². The summed E-state index contributed by atoms with van der Waals surface area (Å²) in [5.41, 5.74) is 0.362. The van der Waals surface area contributed by atoms with E-state index in [1.54, 1.807) is 12.3 Å². The predicted molar refractivity (Wildman–Crippen MR) is 85.1 cm³/mol. The molecule has 0 atom stereocenters. The zero-order chi connectivity index (χ0) is 17.2. The van der Waals surface area contributed by atoms with E-state index in [0.717, 1.165) is 55.9 Å². The van der Waals surface area contributed by atoms with Gasteiger partial charge in [-0.1, -0.05) is 0 Å². The number of aromatic nitrogens is 1. The summed E-state index contributed by atoms with van der Waals surface area (Å²) in [6.45, 7) is 2.00. The van der Waals surface area contributed by atoms with Gasteiger partial charge in [0.2, 0.25) is 0 Å². The molecule has 2 aromatic rings. The summed E-state index contributed by atoms with van der Waals surface area (Å²) in [5, 5.41) is 2.58. The van der Waals surface area contributed by atoms with Crippen molar-refractivity contribution >= 4 is 17.4 Å². The normalized spacial score (nSPS) is 14.7. The number of benzene rings is 1. The van der Waals surface area contributed by atoms with Crippen LogP contribution in [0.15, 0.2) is 42.6 Å². The van der Waals surface area contributed by atoms with Crippen LogP contribution in [-0.2, 0) is 6.18 Å². The first kappa shape index (κ1) is 16.3. The number of rotatable bonds is 3. The Bertz CT molecular complexity index is 705. The molecule has 0 saturated carbocycles. The third-order valence-electron chi connectivity index (χ3n) is 3.94. The van der Waals surface area contributed by atoms with E-state index < -0.39 is 17.6 Å². The highest BCUT2D eigenvalue weighted by Crippen LogP contribution is 2.29. The number of hydrogen-bond donors (Lipinski definition) is 1. The topological polar surface area (TPSA) is 45.2 Å². The molecule has 3 rings (SSSR count). The summed E-state index contributed by atoms with van der Waals surface area (Å²) in [7, 11) is 0. The number of amides is 1. The fraction of sp³-hybridized carbons (Fsp3) is 0.294. The minimum absolute atomic E-state index is 0.147. The highest BCUT2D eigenvalue weighted by molar-refractivity contribution is 6.03. The van der Waals surface area contributed by atoms with Crippen molar-refractivity contribution in [2.24, 2.45) is 0 Å². The molecule has 1 aliphatic rings. The lowest BCUT2D eigenvalue weighted by molar-refractivity contribution is -0.137. The minimum Gasteiger partial charge on any atom is -0.370 e. The Kier molecular flexibility index (Phi) is 4.42. The first-order valence-corrected chi connectivity index (χ1v) is 7.63. The highest BCUT2D eigenvalue weighted by Gasteiger charge is 2.30. The molecule has 126 valence electrons. The largest absolute Gasteiger partial charge is 0.416 e. The Morgan fingerprint density at radius 1 is 1.04 bits per heavy atom. The molecule has 0 unspecified atom stereocenters. The Morgan fingerprint density at radius 3 is 2.25 bits per heavy atom. The lowest BCUT2D eigenvalue weighted by Crippen LogP contribution is -2.18. The maximum Gasteiger partial charge on any atom is 0.416 e. The third kappa shape index (κ3) is 3.67. The fourth-order valence-corrected chi connectivity index (χ4v) is 2.62. The average Bonchev–Trinajstić information content (AvgIpc) is 3.09. The molecule has 1 saturated heterocycles. The van der Waals surface area contributed by atoms with Gasteiger partial charge in [0.1, 0.15) is 5.82 Å². The maximum absolute atomic E-state index is 12.5. The molecule has 1 fully saturated rings. The lowest BCUT2D eigenvalue weighted by Gasteiger charge is -2.17. The number of pyridine rings is 1. The average molecular weight is 335 g/mol. The van der Waals surface area contributed by atoms with Crippen LogP contribution in [-0.4, -0.2) is 24.0 Å². The van der Waals surface area contributed by atoms with Gasteiger partial charge < -0.3 is 10.2 Å². The van der Waals surface area contributed by atoms with Gasteiger partial charge in [0.25, 0.3) is 5.91 Å². The molecule has 1 aromatic heterocycles. The molecular weight excluding hydrogens is 319 g/mol. The van der Waals surface area contributed by atoms with Crippen molar-refractivity contribution in [3.8, 4) is 0 Å². The van der Waals surface area contributed by atoms with Crippen molar-refractivity contribution in [1.82, 2.24) is 4.98 Å². The fourth-order valence-electron chi connectivity index (χ4n) is 2.62. The van der Waals surface area contributed by atoms with Gasteiger partial charge in [-0.25, -0.2) is 4.98 Å². The molecule has 24 heavy (non-hydrogen) atoms. The minimum atomic E-state index is -4.41. The summed E-state index contributed by atoms with van der Waals surface area (Å²) in [6, 6.07) is 7.64. The molecule has 4 nitrogen and oxygen atoms in total. The molecule has 1 aromatic carbocycles. The Labute approximate surface area is 137 Å². The molecule has 0 bridgehead atoms. The van der Waals surface area contributed by atoms with Crippen molar-refractivity contribution in [2.45, 2.75) is 19.0 Å². The Hall–Kier alpha value is -2.57. The number of nitrogens with zero attached hydrogens (tertiary/aromatic N) is 2. The van der Waals surface area contributed by atoms with Crippen molar-refractivity contribution in [3.63, 3.8) is 0 Å². The van der Waals surface area contributed by atoms with E-state index in [4.69, 9.17) is 0 Å². The zero-order valence-electron chi connectivity index (χ0n) is 12.8. The molecule has 0 spiro atoms. The van der Waals surface area contributed by atoms with E-state index in [9.17, 15) is 18.0 Å². The van der Waals surface area contributed by atoms with Gasteiger partial charge in [-0.2, -0.15) is 13.2 Å². The quantitative estimate of drug-likeness (QED) is 0.924. The van der Waals surface area contributed by atoms with E-state index >= 15 is 0 Å². The summed E-state index contributed by atoms with van der Waals surface area (Å²) in [6.07, 6.45) is -0.408. The van der Waals surface area contributed by atoms with Crippen LogP contribution in [0.4, 0.5) is 24.7 Å². The summed E-state index contributed by atoms with van der Waals surface area (Å²) in [4.78, 5) is 18.5. The maximum atomic E-state index is 12.5. The second-order valence-corrected chi connectivity index (χ2v) is 5.63. The molecule has 1 amide bonds. The highest BCUT2D eigenvalue weighted by atomic mass is 19.4. The lowest BCUT2D eigenvalue weighted by atomic mass is 10.1. The molecular formula is C17H16F3N3O. The number of carbonyl (C=O) groups is 1. The van der Waals surface area contributed by atoms with Gasteiger partial charge in [-0.3, -0.25) is 4.79 Å². The van der Waals surface area contributed by atoms with E-state index in [-0.39, 0.29) is 5.56 Å². The van der Waals surface area contributed by atoms with E-state index in [1.807, 2.05) is 6.07 Å². The van der Waals surface area contributed by atoms with Gasteiger partial charge >= 0.3 is 6.18 Å². The van der Waals surface area contributed by atoms with Crippen molar-refractivity contribution in [3.05, 3.63) is 53.7 Å². The molecule has 1 N–H and O–H groups in total. The van der Waals surface area contributed by atoms with Gasteiger partial charge in [-0.15, -0.1) is 0 Å². The van der Waals surface area contributed by atoms with Crippen LogP contribution in [0.1, 0.15) is 28.8 Å². The van der Waals surface area contributed by atoms with Gasteiger partial charge in [0.05, 0.1) is 17.4 Å². The first-order chi connectivity index (χ1) is 11.4. The number of hydrogen-bond acceptors (Lipinski definition) is 3. The first-order valence-electron chi connectivity index (χ1n) is 7.63. The number of halogens is 3. The van der Waals surface area contributed by atoms with Crippen molar-refractivity contribution in [2.75, 3.05) is 23.3 Å². The number of carbonyl (C=O) groups excluding carboxylic acids is 1. The smallest absolute Gasteiger partial charge is 0.370 e. The van der Waals surface area contributed by atoms with Gasteiger partial charge in [-0.05, 0) is 49.2 Å². The summed E-state index contributed by atoms with van der Waals surface area (Å²) in [5.74, 6) is -0.131.